The second-order valence-electron chi connectivity index (χ2n) is 8.24. The summed E-state index contributed by atoms with van der Waals surface area (Å²) in [6.45, 7) is 4.07. The number of amides is 1. The number of H-pyrrole nitrogens is 1. The summed E-state index contributed by atoms with van der Waals surface area (Å²) in [6, 6.07) is 0. The lowest BCUT2D eigenvalue weighted by atomic mass is 10.1. The molecule has 164 valence electrons. The van der Waals surface area contributed by atoms with Gasteiger partial charge in [0.25, 0.3) is 0 Å². The number of nitrogens with zero attached hydrogens (tertiary/aromatic N) is 3. The Morgan fingerprint density at radius 2 is 2.10 bits per heavy atom. The highest BCUT2D eigenvalue weighted by Gasteiger charge is 2.34. The Labute approximate surface area is 177 Å². The molecule has 8 nitrogen and oxygen atoms in total. The minimum Gasteiger partial charge on any atom is -0.444 e. The van der Waals surface area contributed by atoms with E-state index in [9.17, 15) is 13.6 Å². The normalized spacial score (nSPS) is 20.9. The number of ether oxygens (including phenoxy) is 1. The zero-order chi connectivity index (χ0) is 21.5. The Morgan fingerprint density at radius 1 is 1.29 bits per heavy atom. The molecule has 1 aromatic heterocycles. The summed E-state index contributed by atoms with van der Waals surface area (Å²) in [5, 5.41) is 6.37. The van der Waals surface area contributed by atoms with Gasteiger partial charge in [-0.15, -0.1) is 0 Å². The van der Waals surface area contributed by atoms with E-state index in [1.54, 1.807) is 19.3 Å². The van der Waals surface area contributed by atoms with Crippen LogP contribution in [0.15, 0.2) is 17.0 Å². The minimum absolute atomic E-state index is 0.0857. The summed E-state index contributed by atoms with van der Waals surface area (Å²) in [4.78, 5) is 24.7. The molecule has 0 bridgehead atoms. The number of benzene rings is 1. The Bertz CT molecular complexity index is 1050. The SMILES string of the molecule is Cc1nc2c(F)c3c(c(F)c2[nH]1)CC(CNCCC1CN(C2=CNCC=N2)C(=O)O1)C3. The lowest BCUT2D eigenvalue weighted by Crippen LogP contribution is -2.29. The Kier molecular flexibility index (Phi) is 5.09. The predicted octanol–water partition coefficient (Wildman–Crippen LogP) is 2.14. The largest absolute Gasteiger partial charge is 0.444 e. The molecule has 0 radical (unpaired) electrons. The molecule has 10 heteroatoms. The van der Waals surface area contributed by atoms with Gasteiger partial charge in [0.05, 0.1) is 6.54 Å². The van der Waals surface area contributed by atoms with Crippen LogP contribution >= 0.6 is 0 Å². The summed E-state index contributed by atoms with van der Waals surface area (Å²) >= 11 is 0. The number of carbonyl (C=O) groups excluding carboxylic acids is 1. The van der Waals surface area contributed by atoms with Gasteiger partial charge in [0.1, 0.15) is 23.0 Å². The van der Waals surface area contributed by atoms with Gasteiger partial charge >= 0.3 is 6.09 Å². The smallest absolute Gasteiger partial charge is 0.415 e. The highest BCUT2D eigenvalue weighted by molar-refractivity contribution is 5.79. The second-order valence-corrected chi connectivity index (χ2v) is 8.24. The fraction of sp³-hybridized carbons (Fsp3) is 0.476. The quantitative estimate of drug-likeness (QED) is 0.611. The molecule has 1 aliphatic carbocycles. The van der Waals surface area contributed by atoms with Crippen LogP contribution in [0.3, 0.4) is 0 Å². The number of aromatic nitrogens is 2. The first kappa shape index (κ1) is 19.9. The fourth-order valence-corrected chi connectivity index (χ4v) is 4.54. The van der Waals surface area contributed by atoms with Gasteiger partial charge in [-0.05, 0) is 56.3 Å². The second kappa shape index (κ2) is 7.92. The van der Waals surface area contributed by atoms with Crippen molar-refractivity contribution in [2.45, 2.75) is 32.3 Å². The van der Waals surface area contributed by atoms with Crippen molar-refractivity contribution in [1.29, 1.82) is 0 Å². The van der Waals surface area contributed by atoms with E-state index in [1.165, 1.54) is 4.90 Å². The van der Waals surface area contributed by atoms with Crippen LogP contribution < -0.4 is 10.6 Å². The van der Waals surface area contributed by atoms with Crippen LogP contribution in [0.25, 0.3) is 11.0 Å². The van der Waals surface area contributed by atoms with Crippen molar-refractivity contribution in [2.24, 2.45) is 10.9 Å². The van der Waals surface area contributed by atoms with Gasteiger partial charge in [-0.1, -0.05) is 0 Å². The molecule has 1 aromatic carbocycles. The van der Waals surface area contributed by atoms with E-state index in [2.05, 4.69) is 25.6 Å². The number of halogens is 2. The third-order valence-electron chi connectivity index (χ3n) is 6.02. The maximum atomic E-state index is 14.8. The minimum atomic E-state index is -0.412. The molecular weight excluding hydrogens is 406 g/mol. The highest BCUT2D eigenvalue weighted by atomic mass is 19.1. The molecule has 2 aromatic rings. The van der Waals surface area contributed by atoms with Crippen LogP contribution in [0.4, 0.5) is 13.6 Å². The van der Waals surface area contributed by atoms with E-state index < -0.39 is 11.9 Å². The number of rotatable bonds is 6. The van der Waals surface area contributed by atoms with Crippen LogP contribution in [0.5, 0.6) is 0 Å². The first-order chi connectivity index (χ1) is 15.0. The Morgan fingerprint density at radius 3 is 2.87 bits per heavy atom. The predicted molar refractivity (Wildman–Crippen MR) is 111 cm³/mol. The molecule has 0 spiro atoms. The molecule has 1 amide bonds. The van der Waals surface area contributed by atoms with Gasteiger partial charge in [-0.3, -0.25) is 4.90 Å². The van der Waals surface area contributed by atoms with E-state index in [1.807, 2.05) is 0 Å². The number of hydrogen-bond acceptors (Lipinski definition) is 6. The van der Waals surface area contributed by atoms with Gasteiger partial charge in [0.15, 0.2) is 17.5 Å². The van der Waals surface area contributed by atoms with Gasteiger partial charge in [0.2, 0.25) is 0 Å². The first-order valence-corrected chi connectivity index (χ1v) is 10.5. The number of cyclic esters (lactones) is 1. The number of imidazole rings is 1. The number of fused-ring (bicyclic) bond motifs is 2. The van der Waals surface area contributed by atoms with Crippen LogP contribution in [0.1, 0.15) is 23.4 Å². The number of nitrogens with one attached hydrogen (secondary N) is 3. The third kappa shape index (κ3) is 3.65. The number of aliphatic imine (C=N–C) groups is 1. The monoisotopic (exact) mass is 430 g/mol. The molecule has 1 fully saturated rings. The van der Waals surface area contributed by atoms with Crippen molar-refractivity contribution in [2.75, 3.05) is 26.2 Å². The summed E-state index contributed by atoms with van der Waals surface area (Å²) in [5.41, 5.74) is 1.14. The molecule has 2 atom stereocenters. The van der Waals surface area contributed by atoms with E-state index in [0.717, 1.165) is 0 Å². The Balaban J connectivity index is 1.13. The van der Waals surface area contributed by atoms with Crippen molar-refractivity contribution in [3.8, 4) is 0 Å². The molecular formula is C21H24F2N6O2. The van der Waals surface area contributed by atoms with E-state index in [0.29, 0.717) is 68.2 Å². The lowest BCUT2D eigenvalue weighted by Gasteiger charge is -2.16. The van der Waals surface area contributed by atoms with Crippen LogP contribution in [-0.2, 0) is 17.6 Å². The lowest BCUT2D eigenvalue weighted by molar-refractivity contribution is 0.130. The van der Waals surface area contributed by atoms with Crippen molar-refractivity contribution in [3.05, 3.63) is 40.6 Å². The maximum absolute atomic E-state index is 14.8. The molecule has 5 rings (SSSR count). The molecule has 3 aliphatic rings. The number of carbonyl (C=O) groups is 1. The van der Waals surface area contributed by atoms with Crippen molar-refractivity contribution in [3.63, 3.8) is 0 Å². The van der Waals surface area contributed by atoms with Crippen molar-refractivity contribution >= 4 is 23.3 Å². The summed E-state index contributed by atoms with van der Waals surface area (Å²) in [5.74, 6) is 0.373. The van der Waals surface area contributed by atoms with Gasteiger partial charge in [-0.2, -0.15) is 0 Å². The summed E-state index contributed by atoms with van der Waals surface area (Å²) < 4.78 is 35.1. The van der Waals surface area contributed by atoms with E-state index in [4.69, 9.17) is 4.74 Å². The number of aromatic amines is 1. The standard InChI is InChI=1S/C21H24F2N6O2/c1-11-27-19-17(22)14-6-12(7-15(14)18(23)20(19)28-11)8-24-3-2-13-10-29(21(30)31-13)16-9-25-4-5-26-16/h5,9,12-13,24-25H,2-4,6-8,10H2,1H3,(H,27,28). The van der Waals surface area contributed by atoms with Crippen molar-refractivity contribution < 1.29 is 18.3 Å². The summed E-state index contributed by atoms with van der Waals surface area (Å²) in [6.07, 6.45) is 4.43. The van der Waals surface area contributed by atoms with E-state index >= 15 is 0 Å². The fourth-order valence-electron chi connectivity index (χ4n) is 4.54. The maximum Gasteiger partial charge on any atom is 0.415 e. The average Bonchev–Trinajstić information content (AvgIpc) is 3.47. The first-order valence-electron chi connectivity index (χ1n) is 10.5. The van der Waals surface area contributed by atoms with Crippen molar-refractivity contribution in [1.82, 2.24) is 25.5 Å². The van der Waals surface area contributed by atoms with E-state index in [-0.39, 0.29) is 28.9 Å². The zero-order valence-corrected chi connectivity index (χ0v) is 17.2. The third-order valence-corrected chi connectivity index (χ3v) is 6.02. The average molecular weight is 430 g/mol. The zero-order valence-electron chi connectivity index (χ0n) is 17.2. The molecule has 2 unspecified atom stereocenters. The summed E-state index contributed by atoms with van der Waals surface area (Å²) in [7, 11) is 0. The van der Waals surface area contributed by atoms with Crippen LogP contribution in [0.2, 0.25) is 0 Å². The topological polar surface area (TPSA) is 94.6 Å². The molecule has 3 heterocycles. The Hall–Kier alpha value is -3.01. The molecule has 3 N–H and O–H groups in total. The van der Waals surface area contributed by atoms with Crippen LogP contribution in [-0.4, -0.2) is 59.5 Å². The number of hydrogen-bond donors (Lipinski definition) is 3. The molecule has 0 saturated carbocycles. The molecule has 1 saturated heterocycles. The molecule has 31 heavy (non-hydrogen) atoms. The van der Waals surface area contributed by atoms with Gasteiger partial charge in [-0.25, -0.2) is 23.6 Å². The van der Waals surface area contributed by atoms with Gasteiger partial charge < -0.3 is 20.4 Å². The molecule has 2 aliphatic heterocycles. The van der Waals surface area contributed by atoms with Gasteiger partial charge in [0, 0.05) is 19.0 Å². The number of aryl methyl sites for hydroxylation is 1. The van der Waals surface area contributed by atoms with Crippen LogP contribution in [0, 0.1) is 24.5 Å². The highest BCUT2D eigenvalue weighted by Crippen LogP contribution is 2.35.